The number of urea groups is 1. The number of aromatic nitrogens is 1. The number of nitrogens with zero attached hydrogens (tertiary/aromatic N) is 2. The second-order valence-electron chi connectivity index (χ2n) is 6.63. The summed E-state index contributed by atoms with van der Waals surface area (Å²) in [4.78, 5) is 18.4. The Labute approximate surface area is 143 Å². The van der Waals surface area contributed by atoms with E-state index in [0.717, 1.165) is 37.8 Å². The summed E-state index contributed by atoms with van der Waals surface area (Å²) in [6.07, 6.45) is 8.88. The summed E-state index contributed by atoms with van der Waals surface area (Å²) in [5.41, 5.74) is 1.01. The molecule has 2 heterocycles. The van der Waals surface area contributed by atoms with Crippen molar-refractivity contribution in [3.63, 3.8) is 0 Å². The second kappa shape index (κ2) is 8.33. The summed E-state index contributed by atoms with van der Waals surface area (Å²) in [6, 6.07) is 3.80. The lowest BCUT2D eigenvalue weighted by Gasteiger charge is -2.31. The van der Waals surface area contributed by atoms with Crippen molar-refractivity contribution in [2.75, 3.05) is 20.2 Å². The van der Waals surface area contributed by atoms with Gasteiger partial charge in [-0.25, -0.2) is 9.78 Å². The number of ether oxygens (including phenoxy) is 2. The lowest BCUT2D eigenvalue weighted by molar-refractivity contribution is 0.0434. The van der Waals surface area contributed by atoms with E-state index < -0.39 is 0 Å². The summed E-state index contributed by atoms with van der Waals surface area (Å²) in [7, 11) is 1.70. The smallest absolute Gasteiger partial charge is 0.317 e. The van der Waals surface area contributed by atoms with Gasteiger partial charge in [0, 0.05) is 39.0 Å². The Bertz CT molecular complexity index is 546. The highest BCUT2D eigenvalue weighted by Crippen LogP contribution is 2.23. The summed E-state index contributed by atoms with van der Waals surface area (Å²) >= 11 is 0. The quantitative estimate of drug-likeness (QED) is 0.900. The fourth-order valence-electron chi connectivity index (χ4n) is 3.41. The molecule has 0 bridgehead atoms. The third kappa shape index (κ3) is 4.60. The minimum Gasteiger partial charge on any atom is -0.474 e. The maximum Gasteiger partial charge on any atom is 0.317 e. The Morgan fingerprint density at radius 2 is 2.08 bits per heavy atom. The molecule has 2 fully saturated rings. The molecule has 24 heavy (non-hydrogen) atoms. The number of piperidine rings is 1. The lowest BCUT2D eigenvalue weighted by atomic mass is 10.1. The fraction of sp³-hybridized carbons (Fsp3) is 0.667. The van der Waals surface area contributed by atoms with Crippen molar-refractivity contribution in [1.82, 2.24) is 15.2 Å². The van der Waals surface area contributed by atoms with Crippen molar-refractivity contribution in [1.29, 1.82) is 0 Å². The molecule has 2 amide bonds. The Hall–Kier alpha value is -1.82. The Kier molecular flexibility index (Phi) is 5.91. The number of nitrogens with one attached hydrogen (secondary N) is 1. The monoisotopic (exact) mass is 333 g/mol. The first kappa shape index (κ1) is 17.0. The van der Waals surface area contributed by atoms with Gasteiger partial charge in [0.2, 0.25) is 5.88 Å². The van der Waals surface area contributed by atoms with Crippen molar-refractivity contribution < 1.29 is 14.3 Å². The highest BCUT2D eigenvalue weighted by molar-refractivity contribution is 5.74. The van der Waals surface area contributed by atoms with E-state index in [-0.39, 0.29) is 12.1 Å². The van der Waals surface area contributed by atoms with Crippen LogP contribution in [0.3, 0.4) is 0 Å². The maximum absolute atomic E-state index is 12.3. The molecule has 6 nitrogen and oxygen atoms in total. The van der Waals surface area contributed by atoms with Crippen molar-refractivity contribution in [2.24, 2.45) is 0 Å². The van der Waals surface area contributed by atoms with E-state index in [9.17, 15) is 4.79 Å². The molecule has 0 aromatic carbocycles. The normalized spacial score (nSPS) is 21.7. The molecular formula is C18H27N3O3. The maximum atomic E-state index is 12.3. The number of hydrogen-bond acceptors (Lipinski definition) is 4. The third-order valence-electron chi connectivity index (χ3n) is 4.83. The molecule has 1 aromatic heterocycles. The van der Waals surface area contributed by atoms with Crippen LogP contribution in [-0.4, -0.2) is 48.3 Å². The first-order valence-corrected chi connectivity index (χ1v) is 8.92. The van der Waals surface area contributed by atoms with Gasteiger partial charge in [-0.05, 0) is 50.2 Å². The molecule has 0 spiro atoms. The van der Waals surface area contributed by atoms with Crippen LogP contribution in [0.1, 0.15) is 44.1 Å². The lowest BCUT2D eigenvalue weighted by Crippen LogP contribution is -2.47. The summed E-state index contributed by atoms with van der Waals surface area (Å²) in [6.45, 7) is 1.93. The molecule has 3 rings (SSSR count). The first-order chi connectivity index (χ1) is 11.7. The van der Waals surface area contributed by atoms with Crippen molar-refractivity contribution >= 4 is 6.03 Å². The molecule has 2 aliphatic rings. The van der Waals surface area contributed by atoms with Gasteiger partial charge in [0.05, 0.1) is 6.10 Å². The van der Waals surface area contributed by atoms with Crippen LogP contribution in [0.2, 0.25) is 0 Å². The Morgan fingerprint density at radius 1 is 1.29 bits per heavy atom. The van der Waals surface area contributed by atoms with Gasteiger partial charge < -0.3 is 19.7 Å². The van der Waals surface area contributed by atoms with Crippen LogP contribution in [0.5, 0.6) is 5.88 Å². The van der Waals surface area contributed by atoms with E-state index in [1.54, 1.807) is 13.3 Å². The molecule has 1 atom stereocenters. The molecule has 1 N–H and O–H groups in total. The van der Waals surface area contributed by atoms with Gasteiger partial charge >= 0.3 is 6.03 Å². The molecule has 1 aliphatic heterocycles. The number of rotatable bonds is 5. The SMILES string of the molecule is CO[C@H]1CCCN(C(=O)NCc2ccnc(OC3CCCC3)c2)C1. The predicted octanol–water partition coefficient (Wildman–Crippen LogP) is 2.72. The van der Waals surface area contributed by atoms with Crippen LogP contribution < -0.4 is 10.1 Å². The van der Waals surface area contributed by atoms with Gasteiger partial charge in [-0.15, -0.1) is 0 Å². The van der Waals surface area contributed by atoms with Gasteiger partial charge in [-0.2, -0.15) is 0 Å². The first-order valence-electron chi connectivity index (χ1n) is 8.92. The zero-order valence-electron chi connectivity index (χ0n) is 14.4. The number of carbonyl (C=O) groups is 1. The minimum atomic E-state index is -0.0353. The van der Waals surface area contributed by atoms with Gasteiger partial charge in [-0.3, -0.25) is 0 Å². The van der Waals surface area contributed by atoms with Crippen molar-refractivity contribution in [2.45, 2.75) is 57.3 Å². The van der Waals surface area contributed by atoms with Crippen LogP contribution >= 0.6 is 0 Å². The van der Waals surface area contributed by atoms with Gasteiger partial charge in [0.15, 0.2) is 0 Å². The molecule has 0 radical (unpaired) electrons. The van der Waals surface area contributed by atoms with Crippen LogP contribution in [0.4, 0.5) is 4.79 Å². The second-order valence-corrected chi connectivity index (χ2v) is 6.63. The molecular weight excluding hydrogens is 306 g/mol. The van der Waals surface area contributed by atoms with E-state index in [2.05, 4.69) is 10.3 Å². The average molecular weight is 333 g/mol. The van der Waals surface area contributed by atoms with Crippen LogP contribution in [-0.2, 0) is 11.3 Å². The van der Waals surface area contributed by atoms with Gasteiger partial charge in [0.1, 0.15) is 6.10 Å². The molecule has 1 saturated heterocycles. The molecule has 6 heteroatoms. The molecule has 132 valence electrons. The zero-order chi connectivity index (χ0) is 16.8. The molecule has 1 aromatic rings. The van der Waals surface area contributed by atoms with Gasteiger partial charge in [0.25, 0.3) is 0 Å². The number of amides is 2. The van der Waals surface area contributed by atoms with Crippen LogP contribution in [0.25, 0.3) is 0 Å². The van der Waals surface area contributed by atoms with E-state index in [4.69, 9.17) is 9.47 Å². The summed E-state index contributed by atoms with van der Waals surface area (Å²) < 4.78 is 11.3. The van der Waals surface area contributed by atoms with Gasteiger partial charge in [-0.1, -0.05) is 0 Å². The van der Waals surface area contributed by atoms with E-state index in [1.807, 2.05) is 17.0 Å². The van der Waals surface area contributed by atoms with E-state index >= 15 is 0 Å². The van der Waals surface area contributed by atoms with E-state index in [1.165, 1.54) is 12.8 Å². The third-order valence-corrected chi connectivity index (χ3v) is 4.83. The highest BCUT2D eigenvalue weighted by atomic mass is 16.5. The minimum absolute atomic E-state index is 0.0353. The number of likely N-dealkylation sites (tertiary alicyclic amines) is 1. The summed E-state index contributed by atoms with van der Waals surface area (Å²) in [5.74, 6) is 0.658. The number of hydrogen-bond donors (Lipinski definition) is 1. The summed E-state index contributed by atoms with van der Waals surface area (Å²) in [5, 5.41) is 2.98. The van der Waals surface area contributed by atoms with Crippen LogP contribution in [0.15, 0.2) is 18.3 Å². The molecule has 1 saturated carbocycles. The Morgan fingerprint density at radius 3 is 2.88 bits per heavy atom. The van der Waals surface area contributed by atoms with E-state index in [0.29, 0.717) is 25.1 Å². The highest BCUT2D eigenvalue weighted by Gasteiger charge is 2.23. The van der Waals surface area contributed by atoms with Crippen molar-refractivity contribution in [3.8, 4) is 5.88 Å². The number of pyridine rings is 1. The topological polar surface area (TPSA) is 63.7 Å². The fourth-order valence-corrected chi connectivity index (χ4v) is 3.41. The zero-order valence-corrected chi connectivity index (χ0v) is 14.4. The molecule has 1 aliphatic carbocycles. The Balaban J connectivity index is 1.49. The predicted molar refractivity (Wildman–Crippen MR) is 91.0 cm³/mol. The molecule has 0 unspecified atom stereocenters. The number of carbonyl (C=O) groups excluding carboxylic acids is 1. The van der Waals surface area contributed by atoms with Crippen molar-refractivity contribution in [3.05, 3.63) is 23.9 Å². The number of methoxy groups -OCH3 is 1. The van der Waals surface area contributed by atoms with Crippen LogP contribution in [0, 0.1) is 0 Å². The average Bonchev–Trinajstić information content (AvgIpc) is 3.13. The largest absolute Gasteiger partial charge is 0.474 e. The standard InChI is InChI=1S/C18H27N3O3/c1-23-16-7-4-10-21(13-16)18(22)20-12-14-8-9-19-17(11-14)24-15-5-2-3-6-15/h8-9,11,15-16H,2-7,10,12-13H2,1H3,(H,20,22)/t16-/m0/s1.